The van der Waals surface area contributed by atoms with Crippen LogP contribution in [-0.2, 0) is 20.0 Å². The second-order valence-corrected chi connectivity index (χ2v) is 5.03. The van der Waals surface area contributed by atoms with Crippen LogP contribution in [0.5, 0.6) is 5.75 Å². The van der Waals surface area contributed by atoms with Gasteiger partial charge < -0.3 is 10.4 Å². The van der Waals surface area contributed by atoms with E-state index in [1.165, 1.54) is 5.56 Å². The molecule has 2 N–H and O–H groups in total. The molecule has 4 heteroatoms. The van der Waals surface area contributed by atoms with Gasteiger partial charge in [0, 0.05) is 37.0 Å². The third-order valence-electron chi connectivity index (χ3n) is 3.59. The second kappa shape index (κ2) is 6.57. The fourth-order valence-corrected chi connectivity index (χ4v) is 2.52. The first-order valence-electron chi connectivity index (χ1n) is 7.18. The summed E-state index contributed by atoms with van der Waals surface area (Å²) in [6, 6.07) is 7.67. The fraction of sp³-hybridized carbons (Fsp3) is 0.438. The third-order valence-corrected chi connectivity index (χ3v) is 3.59. The van der Waals surface area contributed by atoms with Crippen molar-refractivity contribution >= 4 is 0 Å². The molecule has 1 aromatic carbocycles. The van der Waals surface area contributed by atoms with Gasteiger partial charge in [-0.3, -0.25) is 4.68 Å². The van der Waals surface area contributed by atoms with Crippen LogP contribution in [0, 0.1) is 0 Å². The monoisotopic (exact) mass is 273 g/mol. The lowest BCUT2D eigenvalue weighted by molar-refractivity contribution is 0.440. The SMILES string of the molecule is CCc1nn(C)cc1CNC(CC)c1ccccc1O. The Morgan fingerprint density at radius 2 is 2.05 bits per heavy atom. The van der Waals surface area contributed by atoms with Crippen LogP contribution in [0.4, 0.5) is 0 Å². The Hall–Kier alpha value is -1.81. The van der Waals surface area contributed by atoms with Crippen LogP contribution in [0.2, 0.25) is 0 Å². The van der Waals surface area contributed by atoms with Gasteiger partial charge in [0.05, 0.1) is 5.69 Å². The lowest BCUT2D eigenvalue weighted by Crippen LogP contribution is -2.20. The molecule has 0 radical (unpaired) electrons. The predicted molar refractivity (Wildman–Crippen MR) is 80.6 cm³/mol. The lowest BCUT2D eigenvalue weighted by Gasteiger charge is -2.18. The number of phenols is 1. The van der Waals surface area contributed by atoms with Crippen LogP contribution in [0.25, 0.3) is 0 Å². The van der Waals surface area contributed by atoms with E-state index >= 15 is 0 Å². The van der Waals surface area contributed by atoms with Crippen LogP contribution in [0.3, 0.4) is 0 Å². The summed E-state index contributed by atoms with van der Waals surface area (Å²) in [5, 5.41) is 17.9. The molecule has 0 fully saturated rings. The van der Waals surface area contributed by atoms with Crippen LogP contribution in [0.15, 0.2) is 30.5 Å². The molecule has 0 saturated carbocycles. The highest BCUT2D eigenvalue weighted by Crippen LogP contribution is 2.26. The average molecular weight is 273 g/mol. The number of rotatable bonds is 6. The number of para-hydroxylation sites is 1. The largest absolute Gasteiger partial charge is 0.508 e. The number of aryl methyl sites for hydroxylation is 2. The summed E-state index contributed by atoms with van der Waals surface area (Å²) in [6.07, 6.45) is 3.92. The predicted octanol–water partition coefficient (Wildman–Crippen LogP) is 2.93. The molecule has 0 aliphatic heterocycles. The molecular weight excluding hydrogens is 250 g/mol. The zero-order valence-electron chi connectivity index (χ0n) is 12.4. The minimum Gasteiger partial charge on any atom is -0.508 e. The van der Waals surface area contributed by atoms with E-state index in [0.717, 1.165) is 30.6 Å². The Labute approximate surface area is 120 Å². The van der Waals surface area contributed by atoms with E-state index in [1.807, 2.05) is 29.9 Å². The number of hydrogen-bond donors (Lipinski definition) is 2. The van der Waals surface area contributed by atoms with Gasteiger partial charge in [-0.05, 0) is 18.9 Å². The molecule has 0 saturated heterocycles. The molecule has 2 aromatic rings. The van der Waals surface area contributed by atoms with Crippen molar-refractivity contribution in [2.45, 2.75) is 39.3 Å². The van der Waals surface area contributed by atoms with Crippen molar-refractivity contribution in [3.63, 3.8) is 0 Å². The van der Waals surface area contributed by atoms with E-state index in [9.17, 15) is 5.11 Å². The molecule has 1 heterocycles. The Bertz CT molecular complexity index is 563. The first-order chi connectivity index (χ1) is 9.65. The molecule has 1 atom stereocenters. The Morgan fingerprint density at radius 1 is 1.30 bits per heavy atom. The van der Waals surface area contributed by atoms with Gasteiger partial charge in [0.1, 0.15) is 5.75 Å². The standard InChI is InChI=1S/C16H23N3O/c1-4-14-12(11-19(3)18-14)10-17-15(5-2)13-8-6-7-9-16(13)20/h6-9,11,15,17,20H,4-5,10H2,1-3H3. The van der Waals surface area contributed by atoms with Gasteiger partial charge in [0.15, 0.2) is 0 Å². The van der Waals surface area contributed by atoms with E-state index in [0.29, 0.717) is 5.75 Å². The van der Waals surface area contributed by atoms with Crippen molar-refractivity contribution in [2.75, 3.05) is 0 Å². The summed E-state index contributed by atoms with van der Waals surface area (Å²) in [7, 11) is 1.95. The van der Waals surface area contributed by atoms with Gasteiger partial charge in [-0.25, -0.2) is 0 Å². The van der Waals surface area contributed by atoms with Crippen molar-refractivity contribution < 1.29 is 5.11 Å². The smallest absolute Gasteiger partial charge is 0.120 e. The fourth-order valence-electron chi connectivity index (χ4n) is 2.52. The second-order valence-electron chi connectivity index (χ2n) is 5.03. The molecule has 0 amide bonds. The maximum atomic E-state index is 9.96. The molecule has 2 rings (SSSR count). The van der Waals surface area contributed by atoms with E-state index < -0.39 is 0 Å². The summed E-state index contributed by atoms with van der Waals surface area (Å²) in [6.45, 7) is 5.00. The molecule has 0 spiro atoms. The van der Waals surface area contributed by atoms with Gasteiger partial charge in [-0.2, -0.15) is 5.10 Å². The normalized spacial score (nSPS) is 12.6. The molecule has 4 nitrogen and oxygen atoms in total. The Balaban J connectivity index is 2.10. The topological polar surface area (TPSA) is 50.1 Å². The lowest BCUT2D eigenvalue weighted by atomic mass is 10.0. The van der Waals surface area contributed by atoms with Crippen molar-refractivity contribution in [3.05, 3.63) is 47.3 Å². The zero-order chi connectivity index (χ0) is 14.5. The molecular formula is C16H23N3O. The summed E-state index contributed by atoms with van der Waals surface area (Å²) in [5.41, 5.74) is 3.31. The van der Waals surface area contributed by atoms with Gasteiger partial charge >= 0.3 is 0 Å². The number of nitrogens with one attached hydrogen (secondary N) is 1. The number of phenolic OH excluding ortho intramolecular Hbond substituents is 1. The average Bonchev–Trinajstić information content (AvgIpc) is 2.81. The maximum Gasteiger partial charge on any atom is 0.120 e. The summed E-state index contributed by atoms with van der Waals surface area (Å²) >= 11 is 0. The van der Waals surface area contributed by atoms with E-state index in [2.05, 4.69) is 30.5 Å². The number of benzene rings is 1. The van der Waals surface area contributed by atoms with Crippen LogP contribution >= 0.6 is 0 Å². The van der Waals surface area contributed by atoms with Gasteiger partial charge in [0.25, 0.3) is 0 Å². The molecule has 108 valence electrons. The van der Waals surface area contributed by atoms with E-state index in [4.69, 9.17) is 0 Å². The molecule has 20 heavy (non-hydrogen) atoms. The molecule has 0 bridgehead atoms. The highest BCUT2D eigenvalue weighted by Gasteiger charge is 2.14. The number of aromatic hydroxyl groups is 1. The van der Waals surface area contributed by atoms with Crippen LogP contribution in [-0.4, -0.2) is 14.9 Å². The Morgan fingerprint density at radius 3 is 2.70 bits per heavy atom. The maximum absolute atomic E-state index is 9.96. The quantitative estimate of drug-likeness (QED) is 0.851. The van der Waals surface area contributed by atoms with Gasteiger partial charge in [-0.1, -0.05) is 32.0 Å². The summed E-state index contributed by atoms with van der Waals surface area (Å²) < 4.78 is 1.86. The highest BCUT2D eigenvalue weighted by atomic mass is 16.3. The van der Waals surface area contributed by atoms with Crippen molar-refractivity contribution in [2.24, 2.45) is 7.05 Å². The van der Waals surface area contributed by atoms with Gasteiger partial charge in [0.2, 0.25) is 0 Å². The molecule has 0 aliphatic rings. The van der Waals surface area contributed by atoms with E-state index in [-0.39, 0.29) is 6.04 Å². The molecule has 1 unspecified atom stereocenters. The minimum absolute atomic E-state index is 0.154. The third kappa shape index (κ3) is 3.20. The van der Waals surface area contributed by atoms with Crippen LogP contribution in [0.1, 0.15) is 43.1 Å². The molecule has 1 aromatic heterocycles. The van der Waals surface area contributed by atoms with Crippen LogP contribution < -0.4 is 5.32 Å². The molecule has 0 aliphatic carbocycles. The van der Waals surface area contributed by atoms with E-state index in [1.54, 1.807) is 6.07 Å². The number of nitrogens with zero attached hydrogens (tertiary/aromatic N) is 2. The van der Waals surface area contributed by atoms with Crippen molar-refractivity contribution in [1.82, 2.24) is 15.1 Å². The zero-order valence-corrected chi connectivity index (χ0v) is 12.4. The number of aromatic nitrogens is 2. The minimum atomic E-state index is 0.154. The van der Waals surface area contributed by atoms with Gasteiger partial charge in [-0.15, -0.1) is 0 Å². The highest BCUT2D eigenvalue weighted by molar-refractivity contribution is 5.34. The summed E-state index contributed by atoms with van der Waals surface area (Å²) in [5.74, 6) is 0.355. The van der Waals surface area contributed by atoms with Crippen molar-refractivity contribution in [1.29, 1.82) is 0 Å². The van der Waals surface area contributed by atoms with Crippen molar-refractivity contribution in [3.8, 4) is 5.75 Å². The number of hydrogen-bond acceptors (Lipinski definition) is 3. The first kappa shape index (κ1) is 14.6. The Kier molecular flexibility index (Phi) is 4.79. The summed E-state index contributed by atoms with van der Waals surface area (Å²) in [4.78, 5) is 0. The first-order valence-corrected chi connectivity index (χ1v) is 7.18.